The average molecular weight is 403 g/mol. The van der Waals surface area contributed by atoms with Gasteiger partial charge in [0.2, 0.25) is 11.8 Å². The van der Waals surface area contributed by atoms with Crippen molar-refractivity contribution in [2.75, 3.05) is 5.75 Å². The molecule has 3 atom stereocenters. The zero-order valence-corrected chi connectivity index (χ0v) is 18.2. The van der Waals surface area contributed by atoms with Crippen LogP contribution >= 0.6 is 11.8 Å². The van der Waals surface area contributed by atoms with E-state index in [-0.39, 0.29) is 35.2 Å². The van der Waals surface area contributed by atoms with E-state index in [0.29, 0.717) is 11.7 Å². The summed E-state index contributed by atoms with van der Waals surface area (Å²) in [6.07, 6.45) is 6.39. The largest absolute Gasteiger partial charge is 0.348 e. The van der Waals surface area contributed by atoms with Gasteiger partial charge in [0.25, 0.3) is 0 Å². The molecule has 1 aliphatic carbocycles. The van der Waals surface area contributed by atoms with Crippen LogP contribution in [0.4, 0.5) is 0 Å². The molecule has 0 aromatic heterocycles. The van der Waals surface area contributed by atoms with E-state index in [1.54, 1.807) is 11.8 Å². The van der Waals surface area contributed by atoms with Gasteiger partial charge in [-0.3, -0.25) is 9.59 Å². The molecule has 1 aliphatic heterocycles. The highest BCUT2D eigenvalue weighted by Gasteiger charge is 2.43. The van der Waals surface area contributed by atoms with Crippen molar-refractivity contribution in [2.45, 2.75) is 76.8 Å². The van der Waals surface area contributed by atoms with Gasteiger partial charge in [-0.15, -0.1) is 11.8 Å². The summed E-state index contributed by atoms with van der Waals surface area (Å²) in [4.78, 5) is 28.5. The predicted octanol–water partition coefficient (Wildman–Crippen LogP) is 4.76. The molecule has 1 aromatic carbocycles. The molecule has 1 aromatic rings. The fraction of sp³-hybridized carbons (Fsp3) is 0.652. The number of carbonyl (C=O) groups is 2. The van der Waals surface area contributed by atoms with Crippen LogP contribution in [-0.2, 0) is 9.59 Å². The normalized spacial score (nSPS) is 24.4. The van der Waals surface area contributed by atoms with E-state index >= 15 is 0 Å². The summed E-state index contributed by atoms with van der Waals surface area (Å²) in [6.45, 7) is 6.39. The van der Waals surface area contributed by atoms with Gasteiger partial charge in [-0.25, -0.2) is 0 Å². The Morgan fingerprint density at radius 2 is 1.79 bits per heavy atom. The molecule has 1 saturated carbocycles. The van der Waals surface area contributed by atoms with Crippen molar-refractivity contribution in [3.8, 4) is 0 Å². The Balaban J connectivity index is 1.73. The van der Waals surface area contributed by atoms with Crippen molar-refractivity contribution >= 4 is 23.6 Å². The number of hydrogen-bond acceptors (Lipinski definition) is 3. The second kappa shape index (κ2) is 9.82. The molecule has 1 saturated heterocycles. The van der Waals surface area contributed by atoms with Crippen LogP contribution in [0.25, 0.3) is 0 Å². The van der Waals surface area contributed by atoms with Crippen molar-refractivity contribution in [1.29, 1.82) is 0 Å². The molecule has 3 rings (SSSR count). The van der Waals surface area contributed by atoms with Crippen LogP contribution in [0.2, 0.25) is 0 Å². The van der Waals surface area contributed by atoms with Crippen molar-refractivity contribution in [3.63, 3.8) is 0 Å². The number of thioether (sulfide) groups is 1. The van der Waals surface area contributed by atoms with Crippen LogP contribution in [0, 0.1) is 11.8 Å². The molecular weight excluding hydrogens is 368 g/mol. The number of hydrogen-bond donors (Lipinski definition) is 1. The maximum atomic E-state index is 13.4. The zero-order valence-electron chi connectivity index (χ0n) is 17.4. The van der Waals surface area contributed by atoms with Gasteiger partial charge in [-0.05, 0) is 37.7 Å². The molecule has 2 aliphatic rings. The number of nitrogens with zero attached hydrogens (tertiary/aromatic N) is 1. The van der Waals surface area contributed by atoms with E-state index in [9.17, 15) is 9.59 Å². The number of carbonyl (C=O) groups excluding carboxylic acids is 2. The molecule has 1 heterocycles. The minimum Gasteiger partial charge on any atom is -0.348 e. The highest BCUT2D eigenvalue weighted by Crippen LogP contribution is 2.37. The summed E-state index contributed by atoms with van der Waals surface area (Å²) >= 11 is 1.77. The lowest BCUT2D eigenvalue weighted by molar-refractivity contribution is -0.144. The first kappa shape index (κ1) is 21.2. The molecule has 154 valence electrons. The third-order valence-electron chi connectivity index (χ3n) is 5.94. The first-order valence-corrected chi connectivity index (χ1v) is 11.8. The van der Waals surface area contributed by atoms with Gasteiger partial charge in [-0.1, -0.05) is 63.4 Å². The maximum absolute atomic E-state index is 13.4. The van der Waals surface area contributed by atoms with Crippen LogP contribution in [0.5, 0.6) is 0 Å². The maximum Gasteiger partial charge on any atom is 0.244 e. The predicted molar refractivity (Wildman–Crippen MR) is 116 cm³/mol. The van der Waals surface area contributed by atoms with Crippen molar-refractivity contribution in [3.05, 3.63) is 35.9 Å². The van der Waals surface area contributed by atoms with Crippen LogP contribution in [0.3, 0.4) is 0 Å². The number of rotatable bonds is 6. The summed E-state index contributed by atoms with van der Waals surface area (Å²) in [5.74, 6) is 1.50. The van der Waals surface area contributed by atoms with Gasteiger partial charge in [0.15, 0.2) is 0 Å². The standard InChI is InChI=1S/C23H34N2O2S/c1-16(2)14-21-25(23(27)19-12-8-5-9-13-19)20(15-28-21)22(26)24-17(3)18-10-6-4-7-11-18/h4,6-7,10-11,16-17,19-21H,5,8-9,12-15H2,1-3H3,(H,24,26). The third kappa shape index (κ3) is 5.11. The fourth-order valence-electron chi connectivity index (χ4n) is 4.34. The Morgan fingerprint density at radius 3 is 2.43 bits per heavy atom. The van der Waals surface area contributed by atoms with Gasteiger partial charge >= 0.3 is 0 Å². The Morgan fingerprint density at radius 1 is 1.11 bits per heavy atom. The number of nitrogens with one attached hydrogen (secondary N) is 1. The lowest BCUT2D eigenvalue weighted by Crippen LogP contribution is -2.52. The molecule has 0 radical (unpaired) electrons. The Labute approximate surface area is 173 Å². The Kier molecular flexibility index (Phi) is 7.44. The van der Waals surface area contributed by atoms with Crippen LogP contribution in [-0.4, -0.2) is 33.9 Å². The Bertz CT molecular complexity index is 658. The molecule has 2 fully saturated rings. The lowest BCUT2D eigenvalue weighted by Gasteiger charge is -2.34. The van der Waals surface area contributed by atoms with Gasteiger partial charge < -0.3 is 10.2 Å². The van der Waals surface area contributed by atoms with Gasteiger partial charge in [0, 0.05) is 11.7 Å². The van der Waals surface area contributed by atoms with Gasteiger partial charge in [0.1, 0.15) is 6.04 Å². The van der Waals surface area contributed by atoms with E-state index in [2.05, 4.69) is 19.2 Å². The monoisotopic (exact) mass is 402 g/mol. The topological polar surface area (TPSA) is 49.4 Å². The van der Waals surface area contributed by atoms with Crippen molar-refractivity contribution in [2.24, 2.45) is 11.8 Å². The van der Waals surface area contributed by atoms with E-state index in [1.165, 1.54) is 6.42 Å². The second-order valence-electron chi connectivity index (χ2n) is 8.65. The van der Waals surface area contributed by atoms with E-state index in [1.807, 2.05) is 42.2 Å². The Hall–Kier alpha value is -1.49. The first-order valence-electron chi connectivity index (χ1n) is 10.8. The molecule has 0 bridgehead atoms. The van der Waals surface area contributed by atoms with Crippen molar-refractivity contribution in [1.82, 2.24) is 10.2 Å². The van der Waals surface area contributed by atoms with Crippen molar-refractivity contribution < 1.29 is 9.59 Å². The molecule has 5 heteroatoms. The van der Waals surface area contributed by atoms with E-state index in [4.69, 9.17) is 0 Å². The number of amides is 2. The minimum absolute atomic E-state index is 0.0146. The van der Waals surface area contributed by atoms with Gasteiger partial charge in [0.05, 0.1) is 11.4 Å². The summed E-state index contributed by atoms with van der Waals surface area (Å²) in [6, 6.07) is 9.60. The minimum atomic E-state index is -0.352. The van der Waals surface area contributed by atoms with Gasteiger partial charge in [-0.2, -0.15) is 0 Å². The van der Waals surface area contributed by atoms with E-state index < -0.39 is 0 Å². The fourth-order valence-corrected chi connectivity index (χ4v) is 5.99. The molecule has 1 N–H and O–H groups in total. The summed E-state index contributed by atoms with van der Waals surface area (Å²) < 4.78 is 0. The zero-order chi connectivity index (χ0) is 20.1. The first-order chi connectivity index (χ1) is 13.5. The highest BCUT2D eigenvalue weighted by atomic mass is 32.2. The number of benzene rings is 1. The molecular formula is C23H34N2O2S. The van der Waals surface area contributed by atoms with E-state index in [0.717, 1.165) is 37.7 Å². The second-order valence-corrected chi connectivity index (χ2v) is 9.87. The summed E-state index contributed by atoms with van der Waals surface area (Å²) in [5, 5.41) is 3.28. The smallest absolute Gasteiger partial charge is 0.244 e. The summed E-state index contributed by atoms with van der Waals surface area (Å²) in [5.41, 5.74) is 1.09. The SMILES string of the molecule is CC(C)CC1SCC(C(=O)NC(C)c2ccccc2)N1C(=O)C1CCCCC1. The molecule has 3 unspecified atom stereocenters. The van der Waals surface area contributed by atoms with Crippen LogP contribution < -0.4 is 5.32 Å². The average Bonchev–Trinajstić information content (AvgIpc) is 3.11. The van der Waals surface area contributed by atoms with Crippen LogP contribution in [0.15, 0.2) is 30.3 Å². The summed E-state index contributed by atoms with van der Waals surface area (Å²) in [7, 11) is 0. The highest BCUT2D eigenvalue weighted by molar-refractivity contribution is 8.00. The quantitative estimate of drug-likeness (QED) is 0.746. The molecule has 0 spiro atoms. The third-order valence-corrected chi connectivity index (χ3v) is 7.25. The molecule has 2 amide bonds. The lowest BCUT2D eigenvalue weighted by atomic mass is 9.87. The van der Waals surface area contributed by atoms with Crippen LogP contribution in [0.1, 0.15) is 70.9 Å². The molecule has 28 heavy (non-hydrogen) atoms. The molecule has 4 nitrogen and oxygen atoms in total.